The Labute approximate surface area is 151 Å². The summed E-state index contributed by atoms with van der Waals surface area (Å²) in [7, 11) is 0. The van der Waals surface area contributed by atoms with Crippen molar-refractivity contribution in [2.24, 2.45) is 11.8 Å². The molecule has 3 rings (SSSR count). The van der Waals surface area contributed by atoms with Gasteiger partial charge in [0, 0.05) is 12.1 Å². The van der Waals surface area contributed by atoms with E-state index in [1.807, 2.05) is 12.3 Å². The second kappa shape index (κ2) is 8.17. The lowest BCUT2D eigenvalue weighted by atomic mass is 9.78. The number of H-pyrrole nitrogens is 1. The SMILES string of the molecule is C[C@@H]1[C@H](C)CCC[C@@H]1NC(=O)[C@@H](C)[NH+]1CCN(c2cccc[nH+]2)CC1. The van der Waals surface area contributed by atoms with Crippen LogP contribution < -0.4 is 20.1 Å². The van der Waals surface area contributed by atoms with E-state index in [9.17, 15) is 4.79 Å². The fourth-order valence-corrected chi connectivity index (χ4v) is 4.33. The first-order chi connectivity index (χ1) is 12.1. The van der Waals surface area contributed by atoms with Crippen LogP contribution in [0.15, 0.2) is 24.4 Å². The molecule has 0 spiro atoms. The molecule has 0 radical (unpaired) electrons. The van der Waals surface area contributed by atoms with E-state index in [1.54, 1.807) is 0 Å². The number of amides is 1. The van der Waals surface area contributed by atoms with Crippen molar-refractivity contribution in [1.82, 2.24) is 5.32 Å². The van der Waals surface area contributed by atoms with Crippen LogP contribution in [0.3, 0.4) is 0 Å². The number of rotatable bonds is 4. The number of hydrogen-bond acceptors (Lipinski definition) is 2. The average Bonchev–Trinajstić information content (AvgIpc) is 2.65. The fraction of sp³-hybridized carbons (Fsp3) is 0.700. The number of carbonyl (C=O) groups is 1. The molecule has 0 aromatic carbocycles. The van der Waals surface area contributed by atoms with Gasteiger partial charge < -0.3 is 10.2 Å². The molecule has 4 atom stereocenters. The molecule has 1 saturated heterocycles. The number of aromatic amines is 1. The van der Waals surface area contributed by atoms with E-state index in [4.69, 9.17) is 0 Å². The molecule has 1 aliphatic heterocycles. The van der Waals surface area contributed by atoms with Crippen molar-refractivity contribution in [3.05, 3.63) is 24.4 Å². The van der Waals surface area contributed by atoms with Crippen LogP contribution >= 0.6 is 0 Å². The normalized spacial score (nSPS) is 29.2. The molecule has 138 valence electrons. The lowest BCUT2D eigenvalue weighted by Gasteiger charge is -2.36. The van der Waals surface area contributed by atoms with Gasteiger partial charge in [-0.05, 0) is 31.2 Å². The number of hydrogen-bond donors (Lipinski definition) is 2. The van der Waals surface area contributed by atoms with Gasteiger partial charge in [0.2, 0.25) is 0 Å². The number of carbonyl (C=O) groups excluding carboxylic acids is 1. The molecule has 5 nitrogen and oxygen atoms in total. The number of piperazine rings is 1. The largest absolute Gasteiger partial charge is 0.348 e. The molecule has 0 unspecified atom stereocenters. The van der Waals surface area contributed by atoms with E-state index < -0.39 is 0 Å². The number of aromatic nitrogens is 1. The van der Waals surface area contributed by atoms with Crippen molar-refractivity contribution in [3.8, 4) is 0 Å². The van der Waals surface area contributed by atoms with Gasteiger partial charge in [-0.2, -0.15) is 0 Å². The highest BCUT2D eigenvalue weighted by Crippen LogP contribution is 2.29. The van der Waals surface area contributed by atoms with Crippen LogP contribution in [0, 0.1) is 11.8 Å². The first-order valence-corrected chi connectivity index (χ1v) is 9.93. The summed E-state index contributed by atoms with van der Waals surface area (Å²) in [6, 6.07) is 6.58. The summed E-state index contributed by atoms with van der Waals surface area (Å²) in [6.45, 7) is 10.7. The molecule has 1 aromatic heterocycles. The third-order valence-corrected chi connectivity index (χ3v) is 6.48. The molecule has 1 saturated carbocycles. The van der Waals surface area contributed by atoms with Gasteiger partial charge in [-0.15, -0.1) is 0 Å². The Kier molecular flexibility index (Phi) is 5.94. The first-order valence-electron chi connectivity index (χ1n) is 9.93. The van der Waals surface area contributed by atoms with Crippen molar-refractivity contribution >= 4 is 11.7 Å². The minimum absolute atomic E-state index is 0.0336. The van der Waals surface area contributed by atoms with Gasteiger partial charge in [-0.25, -0.2) is 4.98 Å². The van der Waals surface area contributed by atoms with Crippen LogP contribution in [0.1, 0.15) is 40.0 Å². The van der Waals surface area contributed by atoms with Gasteiger partial charge in [0.05, 0.1) is 6.20 Å². The molecule has 2 heterocycles. The van der Waals surface area contributed by atoms with E-state index in [1.165, 1.54) is 23.6 Å². The summed E-state index contributed by atoms with van der Waals surface area (Å²) in [4.78, 5) is 19.8. The maximum Gasteiger partial charge on any atom is 0.278 e. The summed E-state index contributed by atoms with van der Waals surface area (Å²) in [6.07, 6.45) is 5.64. The zero-order valence-electron chi connectivity index (χ0n) is 15.9. The Morgan fingerprint density at radius 2 is 2.04 bits per heavy atom. The molecule has 3 N–H and O–H groups in total. The van der Waals surface area contributed by atoms with Gasteiger partial charge in [0.1, 0.15) is 26.2 Å². The molecule has 1 amide bonds. The minimum atomic E-state index is 0.0336. The predicted octanol–water partition coefficient (Wildman–Crippen LogP) is 0.535. The Bertz CT molecular complexity index is 556. The Balaban J connectivity index is 1.50. The number of quaternary nitrogens is 1. The Morgan fingerprint density at radius 1 is 1.28 bits per heavy atom. The van der Waals surface area contributed by atoms with E-state index in [0.29, 0.717) is 17.9 Å². The number of pyridine rings is 1. The first kappa shape index (κ1) is 18.2. The zero-order valence-corrected chi connectivity index (χ0v) is 15.9. The van der Waals surface area contributed by atoms with Crippen molar-refractivity contribution < 1.29 is 14.7 Å². The standard InChI is InChI=1S/C20H32N4O/c1-15-7-6-8-18(16(15)2)22-20(25)17(3)23-11-13-24(14-12-23)19-9-4-5-10-21-19/h4-5,9-10,15-18H,6-8,11-14H2,1-3H3,(H,22,25)/p+2/t15-,16-,17-,18+/m1/s1. The van der Waals surface area contributed by atoms with E-state index in [2.05, 4.69) is 48.1 Å². The van der Waals surface area contributed by atoms with Crippen LogP contribution in [0.5, 0.6) is 0 Å². The number of anilines is 1. The van der Waals surface area contributed by atoms with E-state index in [-0.39, 0.29) is 11.9 Å². The molecule has 2 aliphatic rings. The zero-order chi connectivity index (χ0) is 17.8. The Hall–Kier alpha value is -1.62. The van der Waals surface area contributed by atoms with Gasteiger partial charge in [-0.3, -0.25) is 9.69 Å². The minimum Gasteiger partial charge on any atom is -0.348 e. The van der Waals surface area contributed by atoms with Crippen LogP contribution in [0.25, 0.3) is 0 Å². The smallest absolute Gasteiger partial charge is 0.278 e. The third kappa shape index (κ3) is 4.32. The molecule has 2 fully saturated rings. The highest BCUT2D eigenvalue weighted by Gasteiger charge is 2.35. The molecule has 1 aliphatic carbocycles. The van der Waals surface area contributed by atoms with Crippen LogP contribution in [0.2, 0.25) is 0 Å². The summed E-state index contributed by atoms with van der Waals surface area (Å²) < 4.78 is 0. The van der Waals surface area contributed by atoms with E-state index >= 15 is 0 Å². The van der Waals surface area contributed by atoms with Crippen molar-refractivity contribution in [2.45, 2.75) is 52.1 Å². The highest BCUT2D eigenvalue weighted by atomic mass is 16.2. The van der Waals surface area contributed by atoms with Crippen molar-refractivity contribution in [2.75, 3.05) is 31.1 Å². The lowest BCUT2D eigenvalue weighted by Crippen LogP contribution is -3.19. The molecular weight excluding hydrogens is 312 g/mol. The van der Waals surface area contributed by atoms with Crippen molar-refractivity contribution in [1.29, 1.82) is 0 Å². The van der Waals surface area contributed by atoms with Crippen LogP contribution in [0.4, 0.5) is 5.82 Å². The molecule has 5 heteroatoms. The second-order valence-corrected chi connectivity index (χ2v) is 8.00. The maximum atomic E-state index is 12.8. The predicted molar refractivity (Wildman–Crippen MR) is 99.5 cm³/mol. The summed E-state index contributed by atoms with van der Waals surface area (Å²) in [5.41, 5.74) is 0. The van der Waals surface area contributed by atoms with Gasteiger partial charge in [0.25, 0.3) is 11.7 Å². The average molecular weight is 347 g/mol. The molecule has 0 bridgehead atoms. The molecular formula is C20H34N4O+2. The lowest BCUT2D eigenvalue weighted by molar-refractivity contribution is -0.914. The van der Waals surface area contributed by atoms with Crippen LogP contribution in [-0.4, -0.2) is 44.2 Å². The summed E-state index contributed by atoms with van der Waals surface area (Å²) in [5.74, 6) is 2.71. The summed E-state index contributed by atoms with van der Waals surface area (Å²) >= 11 is 0. The van der Waals surface area contributed by atoms with Crippen LogP contribution in [-0.2, 0) is 4.79 Å². The third-order valence-electron chi connectivity index (χ3n) is 6.48. The molecule has 1 aromatic rings. The second-order valence-electron chi connectivity index (χ2n) is 8.00. The topological polar surface area (TPSA) is 50.9 Å². The Morgan fingerprint density at radius 3 is 2.72 bits per heavy atom. The van der Waals surface area contributed by atoms with Gasteiger partial charge >= 0.3 is 0 Å². The van der Waals surface area contributed by atoms with Gasteiger partial charge in [-0.1, -0.05) is 32.8 Å². The van der Waals surface area contributed by atoms with Crippen molar-refractivity contribution in [3.63, 3.8) is 0 Å². The maximum absolute atomic E-state index is 12.8. The van der Waals surface area contributed by atoms with E-state index in [0.717, 1.165) is 32.6 Å². The number of nitrogens with zero attached hydrogens (tertiary/aromatic N) is 1. The van der Waals surface area contributed by atoms with Gasteiger partial charge in [0.15, 0.2) is 6.04 Å². The highest BCUT2D eigenvalue weighted by molar-refractivity contribution is 5.80. The summed E-state index contributed by atoms with van der Waals surface area (Å²) in [5, 5.41) is 3.36. The molecule has 25 heavy (non-hydrogen) atoms. The quantitative estimate of drug-likeness (QED) is 0.836. The number of nitrogens with one attached hydrogen (secondary N) is 3. The fourth-order valence-electron chi connectivity index (χ4n) is 4.33. The monoisotopic (exact) mass is 346 g/mol.